The second-order valence-corrected chi connectivity index (χ2v) is 6.17. The third kappa shape index (κ3) is 2.94. The van der Waals surface area contributed by atoms with Gasteiger partial charge in [0.15, 0.2) is 5.78 Å². The number of nitrogens with one attached hydrogen (secondary N) is 1. The number of methoxy groups -OCH3 is 2. The highest BCUT2D eigenvalue weighted by Gasteiger charge is 2.39. The second kappa shape index (κ2) is 6.79. The lowest BCUT2D eigenvalue weighted by Gasteiger charge is -2.35. The number of Topliss-reactive ketones (excluding diaryl/α,β-unsaturated/α-hetero) is 1. The van der Waals surface area contributed by atoms with Crippen LogP contribution in [0, 0.1) is 5.41 Å². The SMILES string of the molecule is CCC1(C(=O)c2ccc(OC)c(Br)c2OC)CCNCC1. The predicted octanol–water partition coefficient (Wildman–Crippen LogP) is 3.43. The molecule has 21 heavy (non-hydrogen) atoms. The van der Waals surface area contributed by atoms with Crippen LogP contribution in [0.4, 0.5) is 0 Å². The van der Waals surface area contributed by atoms with Crippen LogP contribution in [0.2, 0.25) is 0 Å². The summed E-state index contributed by atoms with van der Waals surface area (Å²) in [5.41, 5.74) is 0.348. The summed E-state index contributed by atoms with van der Waals surface area (Å²) in [6.07, 6.45) is 2.59. The van der Waals surface area contributed by atoms with Gasteiger partial charge in [0.25, 0.3) is 0 Å². The highest BCUT2D eigenvalue weighted by molar-refractivity contribution is 9.10. The smallest absolute Gasteiger partial charge is 0.172 e. The average Bonchev–Trinajstić information content (AvgIpc) is 2.54. The summed E-state index contributed by atoms with van der Waals surface area (Å²) in [5.74, 6) is 1.40. The topological polar surface area (TPSA) is 47.6 Å². The molecule has 0 amide bonds. The van der Waals surface area contributed by atoms with Crippen LogP contribution in [0.5, 0.6) is 11.5 Å². The Bertz CT molecular complexity index is 524. The molecule has 1 saturated heterocycles. The molecule has 0 spiro atoms. The van der Waals surface area contributed by atoms with Gasteiger partial charge in [-0.1, -0.05) is 6.92 Å². The molecule has 1 aliphatic heterocycles. The monoisotopic (exact) mass is 355 g/mol. The van der Waals surface area contributed by atoms with Crippen LogP contribution in [0.15, 0.2) is 16.6 Å². The molecule has 1 heterocycles. The summed E-state index contributed by atoms with van der Waals surface area (Å²) in [7, 11) is 3.18. The van der Waals surface area contributed by atoms with E-state index in [-0.39, 0.29) is 11.2 Å². The Kier molecular flexibility index (Phi) is 5.27. The number of hydrogen-bond donors (Lipinski definition) is 1. The first kappa shape index (κ1) is 16.3. The summed E-state index contributed by atoms with van der Waals surface area (Å²) in [4.78, 5) is 13.1. The minimum absolute atomic E-state index is 0.173. The number of piperidine rings is 1. The van der Waals surface area contributed by atoms with Crippen molar-refractivity contribution in [2.75, 3.05) is 27.3 Å². The van der Waals surface area contributed by atoms with Crippen molar-refractivity contribution in [3.8, 4) is 11.5 Å². The van der Waals surface area contributed by atoms with E-state index in [0.29, 0.717) is 21.5 Å². The zero-order valence-corrected chi connectivity index (χ0v) is 14.4. The van der Waals surface area contributed by atoms with Crippen molar-refractivity contribution in [1.82, 2.24) is 5.32 Å². The van der Waals surface area contributed by atoms with E-state index in [1.807, 2.05) is 12.1 Å². The molecule has 1 aliphatic rings. The Morgan fingerprint density at radius 3 is 2.48 bits per heavy atom. The number of carbonyl (C=O) groups excluding carboxylic acids is 1. The molecule has 1 aromatic rings. The van der Waals surface area contributed by atoms with Gasteiger partial charge in [0, 0.05) is 5.41 Å². The number of carbonyl (C=O) groups is 1. The minimum atomic E-state index is -0.285. The molecule has 0 atom stereocenters. The fourth-order valence-electron chi connectivity index (χ4n) is 3.01. The maximum atomic E-state index is 13.1. The fourth-order valence-corrected chi connectivity index (χ4v) is 3.68. The first-order valence-corrected chi connectivity index (χ1v) is 8.05. The molecule has 0 bridgehead atoms. The maximum absolute atomic E-state index is 13.1. The maximum Gasteiger partial charge on any atom is 0.172 e. The Balaban J connectivity index is 2.45. The Hall–Kier alpha value is -1.07. The number of halogens is 1. The molecule has 4 nitrogen and oxygen atoms in total. The first-order chi connectivity index (χ1) is 10.1. The van der Waals surface area contributed by atoms with E-state index in [9.17, 15) is 4.79 Å². The zero-order chi connectivity index (χ0) is 15.5. The molecular formula is C16H22BrNO3. The van der Waals surface area contributed by atoms with Gasteiger partial charge in [-0.05, 0) is 60.4 Å². The van der Waals surface area contributed by atoms with E-state index in [0.717, 1.165) is 32.4 Å². The van der Waals surface area contributed by atoms with Gasteiger partial charge >= 0.3 is 0 Å². The summed E-state index contributed by atoms with van der Waals surface area (Å²) in [6, 6.07) is 3.62. The molecule has 2 rings (SSSR count). The normalized spacial score (nSPS) is 17.3. The quantitative estimate of drug-likeness (QED) is 0.822. The molecule has 1 fully saturated rings. The van der Waals surface area contributed by atoms with Crippen LogP contribution in [0.1, 0.15) is 36.5 Å². The summed E-state index contributed by atoms with van der Waals surface area (Å²) in [6.45, 7) is 3.87. The Morgan fingerprint density at radius 2 is 1.95 bits per heavy atom. The third-order valence-electron chi connectivity index (χ3n) is 4.45. The van der Waals surface area contributed by atoms with Crippen molar-refractivity contribution >= 4 is 21.7 Å². The van der Waals surface area contributed by atoms with Crippen LogP contribution in [-0.4, -0.2) is 33.1 Å². The van der Waals surface area contributed by atoms with Crippen LogP contribution in [0.25, 0.3) is 0 Å². The average molecular weight is 356 g/mol. The minimum Gasteiger partial charge on any atom is -0.495 e. The lowest BCUT2D eigenvalue weighted by Crippen LogP contribution is -2.42. The standard InChI is InChI=1S/C16H22BrNO3/c1-4-16(7-9-18-10-8-16)15(19)11-5-6-12(20-2)13(17)14(11)21-3/h5-6,18H,4,7-10H2,1-3H3. The number of hydrogen-bond acceptors (Lipinski definition) is 4. The molecule has 0 radical (unpaired) electrons. The Labute approximate surface area is 134 Å². The van der Waals surface area contributed by atoms with Gasteiger partial charge in [-0.15, -0.1) is 0 Å². The van der Waals surface area contributed by atoms with Crippen LogP contribution in [-0.2, 0) is 0 Å². The van der Waals surface area contributed by atoms with Gasteiger partial charge in [-0.3, -0.25) is 4.79 Å². The van der Waals surface area contributed by atoms with Crippen molar-refractivity contribution in [3.05, 3.63) is 22.2 Å². The van der Waals surface area contributed by atoms with Crippen molar-refractivity contribution in [1.29, 1.82) is 0 Å². The molecule has 0 aromatic heterocycles. The van der Waals surface area contributed by atoms with Gasteiger partial charge in [0.05, 0.1) is 19.8 Å². The van der Waals surface area contributed by atoms with E-state index in [1.165, 1.54) is 0 Å². The lowest BCUT2D eigenvalue weighted by atomic mass is 9.71. The van der Waals surface area contributed by atoms with E-state index >= 15 is 0 Å². The first-order valence-electron chi connectivity index (χ1n) is 7.25. The zero-order valence-electron chi connectivity index (χ0n) is 12.8. The number of rotatable bonds is 5. The van der Waals surface area contributed by atoms with Gasteiger partial charge in [0.1, 0.15) is 16.0 Å². The molecular weight excluding hydrogens is 334 g/mol. The van der Waals surface area contributed by atoms with E-state index in [4.69, 9.17) is 9.47 Å². The Morgan fingerprint density at radius 1 is 1.29 bits per heavy atom. The molecule has 116 valence electrons. The molecule has 1 N–H and O–H groups in total. The third-order valence-corrected chi connectivity index (χ3v) is 5.20. The van der Waals surface area contributed by atoms with E-state index in [2.05, 4.69) is 28.2 Å². The lowest BCUT2D eigenvalue weighted by molar-refractivity contribution is 0.0714. The van der Waals surface area contributed by atoms with Gasteiger partial charge in [-0.25, -0.2) is 0 Å². The van der Waals surface area contributed by atoms with Crippen LogP contribution in [0.3, 0.4) is 0 Å². The van der Waals surface area contributed by atoms with Crippen molar-refractivity contribution in [2.45, 2.75) is 26.2 Å². The van der Waals surface area contributed by atoms with E-state index < -0.39 is 0 Å². The van der Waals surface area contributed by atoms with Gasteiger partial charge in [-0.2, -0.15) is 0 Å². The second-order valence-electron chi connectivity index (χ2n) is 5.38. The number of benzene rings is 1. The molecule has 0 unspecified atom stereocenters. The summed E-state index contributed by atoms with van der Waals surface area (Å²) >= 11 is 3.47. The highest BCUT2D eigenvalue weighted by Crippen LogP contribution is 2.43. The predicted molar refractivity (Wildman–Crippen MR) is 86.4 cm³/mol. The van der Waals surface area contributed by atoms with Crippen molar-refractivity contribution in [2.24, 2.45) is 5.41 Å². The molecule has 0 aliphatic carbocycles. The molecule has 5 heteroatoms. The largest absolute Gasteiger partial charge is 0.495 e. The van der Waals surface area contributed by atoms with Crippen LogP contribution < -0.4 is 14.8 Å². The van der Waals surface area contributed by atoms with Gasteiger partial charge < -0.3 is 14.8 Å². The summed E-state index contributed by atoms with van der Waals surface area (Å²) in [5, 5.41) is 3.33. The molecule has 1 aromatic carbocycles. The summed E-state index contributed by atoms with van der Waals surface area (Å²) < 4.78 is 11.4. The molecule has 0 saturated carbocycles. The highest BCUT2D eigenvalue weighted by atomic mass is 79.9. The van der Waals surface area contributed by atoms with E-state index in [1.54, 1.807) is 14.2 Å². The van der Waals surface area contributed by atoms with Gasteiger partial charge in [0.2, 0.25) is 0 Å². The van der Waals surface area contributed by atoms with Crippen LogP contribution >= 0.6 is 15.9 Å². The number of ether oxygens (including phenoxy) is 2. The van der Waals surface area contributed by atoms with Crippen molar-refractivity contribution in [3.63, 3.8) is 0 Å². The fraction of sp³-hybridized carbons (Fsp3) is 0.562. The van der Waals surface area contributed by atoms with Crippen molar-refractivity contribution < 1.29 is 14.3 Å². The number of ketones is 1.